The van der Waals surface area contributed by atoms with Gasteiger partial charge in [0.2, 0.25) is 0 Å². The molecule has 1 unspecified atom stereocenters. The molecule has 2 N–H and O–H groups in total. The van der Waals surface area contributed by atoms with Gasteiger partial charge in [0.25, 0.3) is 0 Å². The smallest absolute Gasteiger partial charge is 0.189 e. The second-order valence-corrected chi connectivity index (χ2v) is 3.88. The topological polar surface area (TPSA) is 47.6 Å². The first-order valence-electron chi connectivity index (χ1n) is 3.95. The molecule has 1 heterocycles. The van der Waals surface area contributed by atoms with Gasteiger partial charge in [-0.15, -0.1) is 0 Å². The summed E-state index contributed by atoms with van der Waals surface area (Å²) in [5, 5.41) is 0. The van der Waals surface area contributed by atoms with Crippen LogP contribution in [0.1, 0.15) is 20.8 Å². The second kappa shape index (κ2) is 2.81. The van der Waals surface area contributed by atoms with E-state index in [1.54, 1.807) is 0 Å². The van der Waals surface area contributed by atoms with E-state index in [9.17, 15) is 0 Å². The molecule has 0 saturated carbocycles. The zero-order valence-corrected chi connectivity index (χ0v) is 7.42. The summed E-state index contributed by atoms with van der Waals surface area (Å²) in [5.41, 5.74) is 5.48. The third kappa shape index (κ3) is 1.93. The van der Waals surface area contributed by atoms with Gasteiger partial charge in [-0.05, 0) is 0 Å². The predicted octanol–water partition coefficient (Wildman–Crippen LogP) is 0.789. The van der Waals surface area contributed by atoms with Gasteiger partial charge in [-0.3, -0.25) is 0 Å². The molecular formula is C8H16N2O. The molecule has 1 aliphatic rings. The molecule has 1 atom stereocenters. The molecule has 3 heteroatoms. The van der Waals surface area contributed by atoms with E-state index >= 15 is 0 Å². The summed E-state index contributed by atoms with van der Waals surface area (Å²) in [6.07, 6.45) is 0. The van der Waals surface area contributed by atoms with Gasteiger partial charge in [-0.25, -0.2) is 4.99 Å². The molecule has 0 amide bonds. The van der Waals surface area contributed by atoms with Crippen LogP contribution in [0.3, 0.4) is 0 Å². The maximum atomic E-state index is 5.45. The van der Waals surface area contributed by atoms with Crippen LogP contribution in [0, 0.1) is 5.41 Å². The highest BCUT2D eigenvalue weighted by Gasteiger charge is 2.27. The van der Waals surface area contributed by atoms with Crippen molar-refractivity contribution in [1.29, 1.82) is 0 Å². The van der Waals surface area contributed by atoms with Crippen LogP contribution in [0.15, 0.2) is 4.99 Å². The molecule has 1 aliphatic heterocycles. The van der Waals surface area contributed by atoms with E-state index in [4.69, 9.17) is 10.5 Å². The molecular weight excluding hydrogens is 140 g/mol. The van der Waals surface area contributed by atoms with Crippen LogP contribution in [-0.4, -0.2) is 25.1 Å². The maximum Gasteiger partial charge on any atom is 0.189 e. The van der Waals surface area contributed by atoms with Crippen LogP contribution < -0.4 is 5.73 Å². The van der Waals surface area contributed by atoms with Crippen LogP contribution in [0.25, 0.3) is 0 Å². The zero-order chi connectivity index (χ0) is 8.48. The van der Waals surface area contributed by atoms with Gasteiger partial charge in [0.05, 0.1) is 6.04 Å². The summed E-state index contributed by atoms with van der Waals surface area (Å²) in [6.45, 7) is 7.50. The van der Waals surface area contributed by atoms with Gasteiger partial charge < -0.3 is 10.5 Å². The average molecular weight is 156 g/mol. The predicted molar refractivity (Wildman–Crippen MR) is 45.7 cm³/mol. The number of rotatable bonds is 1. The Labute approximate surface area is 67.6 Å². The van der Waals surface area contributed by atoms with Crippen molar-refractivity contribution in [3.05, 3.63) is 0 Å². The van der Waals surface area contributed by atoms with Gasteiger partial charge in [0.15, 0.2) is 5.90 Å². The molecule has 0 aromatic rings. The Morgan fingerprint density at radius 1 is 1.64 bits per heavy atom. The Hall–Kier alpha value is -0.570. The SMILES string of the molecule is CC(C)(C)C1=NC(CN)CO1. The lowest BCUT2D eigenvalue weighted by Gasteiger charge is -2.16. The van der Waals surface area contributed by atoms with Gasteiger partial charge in [-0.2, -0.15) is 0 Å². The van der Waals surface area contributed by atoms with E-state index in [1.807, 2.05) is 0 Å². The molecule has 3 nitrogen and oxygen atoms in total. The minimum Gasteiger partial charge on any atom is -0.478 e. The lowest BCUT2D eigenvalue weighted by atomic mass is 9.97. The third-order valence-electron chi connectivity index (χ3n) is 1.63. The van der Waals surface area contributed by atoms with Crippen molar-refractivity contribution in [2.45, 2.75) is 26.8 Å². The minimum absolute atomic E-state index is 0.0317. The highest BCUT2D eigenvalue weighted by atomic mass is 16.5. The first kappa shape index (κ1) is 8.53. The Balaban J connectivity index is 2.62. The van der Waals surface area contributed by atoms with E-state index in [1.165, 1.54) is 0 Å². The molecule has 0 fully saturated rings. The summed E-state index contributed by atoms with van der Waals surface area (Å²) in [6, 6.07) is 0.184. The van der Waals surface area contributed by atoms with E-state index in [0.717, 1.165) is 5.90 Å². The van der Waals surface area contributed by atoms with Gasteiger partial charge in [-0.1, -0.05) is 20.8 Å². The maximum absolute atomic E-state index is 5.45. The fourth-order valence-electron chi connectivity index (χ4n) is 0.946. The molecule has 0 spiro atoms. The molecule has 64 valence electrons. The van der Waals surface area contributed by atoms with Gasteiger partial charge in [0.1, 0.15) is 6.61 Å². The molecule has 0 bridgehead atoms. The van der Waals surface area contributed by atoms with Crippen molar-refractivity contribution in [3.63, 3.8) is 0 Å². The number of hydrogen-bond acceptors (Lipinski definition) is 3. The van der Waals surface area contributed by atoms with Crippen LogP contribution >= 0.6 is 0 Å². The molecule has 0 radical (unpaired) electrons. The highest BCUT2D eigenvalue weighted by Crippen LogP contribution is 2.21. The molecule has 0 aliphatic carbocycles. The van der Waals surface area contributed by atoms with Crippen molar-refractivity contribution < 1.29 is 4.74 Å². The van der Waals surface area contributed by atoms with E-state index in [2.05, 4.69) is 25.8 Å². The summed E-state index contributed by atoms with van der Waals surface area (Å²) in [7, 11) is 0. The second-order valence-electron chi connectivity index (χ2n) is 3.88. The van der Waals surface area contributed by atoms with Crippen LogP contribution in [0.5, 0.6) is 0 Å². The van der Waals surface area contributed by atoms with Crippen LogP contribution in [0.2, 0.25) is 0 Å². The Kier molecular flexibility index (Phi) is 2.18. The summed E-state index contributed by atoms with van der Waals surface area (Å²) < 4.78 is 5.39. The average Bonchev–Trinajstić information content (AvgIpc) is 2.32. The van der Waals surface area contributed by atoms with Crippen molar-refractivity contribution in [2.24, 2.45) is 16.1 Å². The first-order valence-corrected chi connectivity index (χ1v) is 3.95. The van der Waals surface area contributed by atoms with Crippen LogP contribution in [0.4, 0.5) is 0 Å². The van der Waals surface area contributed by atoms with Crippen molar-refractivity contribution in [2.75, 3.05) is 13.2 Å². The monoisotopic (exact) mass is 156 g/mol. The summed E-state index contributed by atoms with van der Waals surface area (Å²) in [5.74, 6) is 0.841. The highest BCUT2D eigenvalue weighted by molar-refractivity contribution is 5.82. The summed E-state index contributed by atoms with van der Waals surface area (Å²) in [4.78, 5) is 4.35. The minimum atomic E-state index is 0.0317. The number of ether oxygens (including phenoxy) is 1. The number of aliphatic imine (C=N–C) groups is 1. The fraction of sp³-hybridized carbons (Fsp3) is 0.875. The number of nitrogens with zero attached hydrogens (tertiary/aromatic N) is 1. The first-order chi connectivity index (χ1) is 5.04. The lowest BCUT2D eigenvalue weighted by Crippen LogP contribution is -2.20. The zero-order valence-electron chi connectivity index (χ0n) is 7.42. The largest absolute Gasteiger partial charge is 0.478 e. The van der Waals surface area contributed by atoms with Crippen molar-refractivity contribution in [3.8, 4) is 0 Å². The Morgan fingerprint density at radius 3 is 2.55 bits per heavy atom. The number of hydrogen-bond donors (Lipinski definition) is 1. The Bertz CT molecular complexity index is 169. The fourth-order valence-corrected chi connectivity index (χ4v) is 0.946. The normalized spacial score (nSPS) is 24.7. The van der Waals surface area contributed by atoms with Crippen molar-refractivity contribution in [1.82, 2.24) is 0 Å². The lowest BCUT2D eigenvalue weighted by molar-refractivity contribution is 0.283. The van der Waals surface area contributed by atoms with E-state index in [-0.39, 0.29) is 11.5 Å². The van der Waals surface area contributed by atoms with Crippen LogP contribution in [-0.2, 0) is 4.74 Å². The van der Waals surface area contributed by atoms with E-state index in [0.29, 0.717) is 13.2 Å². The molecule has 0 aromatic carbocycles. The van der Waals surface area contributed by atoms with E-state index < -0.39 is 0 Å². The molecule has 0 saturated heterocycles. The standard InChI is InChI=1S/C8H16N2O/c1-8(2,3)7-10-6(4-9)5-11-7/h6H,4-5,9H2,1-3H3. The Morgan fingerprint density at radius 2 is 2.27 bits per heavy atom. The molecule has 0 aromatic heterocycles. The third-order valence-corrected chi connectivity index (χ3v) is 1.63. The van der Waals surface area contributed by atoms with Crippen molar-refractivity contribution >= 4 is 5.90 Å². The van der Waals surface area contributed by atoms with Gasteiger partial charge in [0, 0.05) is 12.0 Å². The quantitative estimate of drug-likeness (QED) is 0.610. The van der Waals surface area contributed by atoms with Gasteiger partial charge >= 0.3 is 0 Å². The molecule has 11 heavy (non-hydrogen) atoms. The number of nitrogens with two attached hydrogens (primary N) is 1. The molecule has 1 rings (SSSR count). The summed E-state index contributed by atoms with van der Waals surface area (Å²) >= 11 is 0.